The van der Waals surface area contributed by atoms with E-state index in [4.69, 9.17) is 11.2 Å². The first-order valence-electron chi connectivity index (χ1n) is 10.9. The summed E-state index contributed by atoms with van der Waals surface area (Å²) >= 11 is 0. The lowest BCUT2D eigenvalue weighted by atomic mass is 9.43. The van der Waals surface area contributed by atoms with E-state index in [9.17, 15) is 25.2 Å². The third-order valence-corrected chi connectivity index (χ3v) is 9.48. The number of ether oxygens (including phenoxy) is 1. The molecule has 11 atom stereocenters. The smallest absolute Gasteiger partial charge is 0.302 e. The highest BCUT2D eigenvalue weighted by molar-refractivity contribution is 5.66. The number of hydrogen-bond donors (Lipinski definition) is 4. The number of aliphatic hydroxyl groups is 4. The summed E-state index contributed by atoms with van der Waals surface area (Å²) in [5.74, 6) is 1.93. The van der Waals surface area contributed by atoms with Crippen molar-refractivity contribution < 1.29 is 30.0 Å². The summed E-state index contributed by atoms with van der Waals surface area (Å²) in [4.78, 5) is 11.4. The molecule has 0 aromatic rings. The van der Waals surface area contributed by atoms with E-state index in [1.54, 1.807) is 0 Å². The molecule has 162 valence electrons. The normalized spacial score (nSPS) is 56.5. The molecule has 0 bridgehead atoms. The average molecular weight is 407 g/mol. The van der Waals surface area contributed by atoms with Crippen LogP contribution >= 0.6 is 0 Å². The largest absolute Gasteiger partial charge is 0.460 e. The Morgan fingerprint density at radius 1 is 1.07 bits per heavy atom. The fraction of sp³-hybridized carbons (Fsp3) is 0.870. The molecule has 6 nitrogen and oxygen atoms in total. The van der Waals surface area contributed by atoms with E-state index < -0.39 is 41.4 Å². The minimum atomic E-state index is -1.58. The van der Waals surface area contributed by atoms with Crippen LogP contribution in [0.2, 0.25) is 0 Å². The van der Waals surface area contributed by atoms with Gasteiger partial charge in [-0.3, -0.25) is 4.79 Å². The van der Waals surface area contributed by atoms with Crippen LogP contribution in [0.25, 0.3) is 0 Å². The third-order valence-electron chi connectivity index (χ3n) is 9.48. The summed E-state index contributed by atoms with van der Waals surface area (Å²) in [6, 6.07) is 0. The van der Waals surface area contributed by atoms with Crippen molar-refractivity contribution in [1.82, 2.24) is 0 Å². The molecule has 4 N–H and O–H groups in total. The molecular weight excluding hydrogens is 372 g/mol. The molecule has 0 heterocycles. The Labute approximate surface area is 172 Å². The Morgan fingerprint density at radius 3 is 2.38 bits per heavy atom. The number of carbonyl (C=O) groups is 1. The highest BCUT2D eigenvalue weighted by atomic mass is 16.6. The highest BCUT2D eigenvalue weighted by Crippen LogP contribution is 2.68. The maximum Gasteiger partial charge on any atom is 0.302 e. The van der Waals surface area contributed by atoms with Crippen molar-refractivity contribution in [3.63, 3.8) is 0 Å². The van der Waals surface area contributed by atoms with Gasteiger partial charge in [0.05, 0.1) is 18.3 Å². The number of fused-ring (bicyclic) bond motifs is 5. The van der Waals surface area contributed by atoms with Crippen LogP contribution in [-0.2, 0) is 9.53 Å². The maximum absolute atomic E-state index is 11.4. The molecule has 0 aliphatic heterocycles. The highest BCUT2D eigenvalue weighted by Gasteiger charge is 2.69. The van der Waals surface area contributed by atoms with Crippen molar-refractivity contribution in [2.45, 2.75) is 89.3 Å². The summed E-state index contributed by atoms with van der Waals surface area (Å²) in [7, 11) is 0. The van der Waals surface area contributed by atoms with Gasteiger partial charge in [0, 0.05) is 12.3 Å². The van der Waals surface area contributed by atoms with Crippen molar-refractivity contribution in [3.8, 4) is 12.3 Å². The zero-order chi connectivity index (χ0) is 21.4. The molecule has 4 aliphatic rings. The fourth-order valence-corrected chi connectivity index (χ4v) is 7.87. The van der Waals surface area contributed by atoms with Gasteiger partial charge in [-0.25, -0.2) is 0 Å². The Morgan fingerprint density at radius 2 is 1.76 bits per heavy atom. The average Bonchev–Trinajstić information content (AvgIpc) is 2.86. The molecular formula is C23H34O6. The molecule has 4 rings (SSSR count). The van der Waals surface area contributed by atoms with Gasteiger partial charge < -0.3 is 25.2 Å². The van der Waals surface area contributed by atoms with Gasteiger partial charge in [0.25, 0.3) is 0 Å². The second kappa shape index (κ2) is 6.68. The van der Waals surface area contributed by atoms with Crippen molar-refractivity contribution in [3.05, 3.63) is 0 Å². The summed E-state index contributed by atoms with van der Waals surface area (Å²) in [5.41, 5.74) is -2.41. The molecule has 0 aromatic carbocycles. The minimum absolute atomic E-state index is 0.0755. The second-order valence-electron chi connectivity index (χ2n) is 10.5. The van der Waals surface area contributed by atoms with Crippen LogP contribution in [0.1, 0.15) is 59.3 Å². The predicted octanol–water partition coefficient (Wildman–Crippen LogP) is 1.24. The van der Waals surface area contributed by atoms with Crippen molar-refractivity contribution in [2.75, 3.05) is 0 Å². The number of esters is 1. The summed E-state index contributed by atoms with van der Waals surface area (Å²) < 4.78 is 5.35. The number of terminal acetylenes is 1. The molecule has 0 radical (unpaired) electrons. The van der Waals surface area contributed by atoms with Crippen LogP contribution in [0.3, 0.4) is 0 Å². The van der Waals surface area contributed by atoms with Crippen molar-refractivity contribution in [2.24, 2.45) is 34.5 Å². The molecule has 4 fully saturated rings. The molecule has 0 spiro atoms. The Balaban J connectivity index is 1.66. The zero-order valence-corrected chi connectivity index (χ0v) is 17.5. The molecule has 6 heteroatoms. The van der Waals surface area contributed by atoms with E-state index in [1.807, 2.05) is 6.92 Å². The van der Waals surface area contributed by atoms with E-state index in [-0.39, 0.29) is 29.1 Å². The first-order chi connectivity index (χ1) is 13.5. The van der Waals surface area contributed by atoms with Gasteiger partial charge in [0.15, 0.2) is 5.60 Å². The van der Waals surface area contributed by atoms with Gasteiger partial charge in [0.1, 0.15) is 6.10 Å². The zero-order valence-electron chi connectivity index (χ0n) is 17.5. The summed E-state index contributed by atoms with van der Waals surface area (Å²) in [6.07, 6.45) is 6.37. The lowest BCUT2D eigenvalue weighted by Crippen LogP contribution is -2.63. The van der Waals surface area contributed by atoms with Crippen LogP contribution in [-0.4, -0.2) is 56.4 Å². The van der Waals surface area contributed by atoms with Gasteiger partial charge in [-0.2, -0.15) is 0 Å². The minimum Gasteiger partial charge on any atom is -0.460 e. The topological polar surface area (TPSA) is 107 Å². The van der Waals surface area contributed by atoms with Gasteiger partial charge in [-0.15, -0.1) is 6.42 Å². The lowest BCUT2D eigenvalue weighted by molar-refractivity contribution is -0.218. The van der Waals surface area contributed by atoms with Gasteiger partial charge >= 0.3 is 5.97 Å². The molecule has 0 saturated heterocycles. The van der Waals surface area contributed by atoms with Gasteiger partial charge in [-0.05, 0) is 67.6 Å². The molecule has 0 amide bonds. The van der Waals surface area contributed by atoms with Crippen molar-refractivity contribution in [1.29, 1.82) is 0 Å². The van der Waals surface area contributed by atoms with E-state index in [2.05, 4.69) is 12.8 Å². The summed E-state index contributed by atoms with van der Waals surface area (Å²) in [6.45, 7) is 5.50. The predicted molar refractivity (Wildman–Crippen MR) is 105 cm³/mol. The van der Waals surface area contributed by atoms with Gasteiger partial charge in [-0.1, -0.05) is 19.8 Å². The Kier molecular flexibility index (Phi) is 4.87. The monoisotopic (exact) mass is 406 g/mol. The molecule has 0 aromatic heterocycles. The molecule has 4 aliphatic carbocycles. The SMILES string of the molecule is C#C[C@]1(O)[C@H](O)C[C@H]2[C@@H]3[C@@H](O)CC4[C@@H](O)[C@H](OC(C)=O)CC[C@]4(C)[C@H]3CC[C@@]21C. The summed E-state index contributed by atoms with van der Waals surface area (Å²) in [5, 5.41) is 43.9. The van der Waals surface area contributed by atoms with Crippen LogP contribution in [0, 0.1) is 46.8 Å². The second-order valence-corrected chi connectivity index (χ2v) is 10.5. The molecule has 1 unspecified atom stereocenters. The van der Waals surface area contributed by atoms with Crippen LogP contribution < -0.4 is 0 Å². The van der Waals surface area contributed by atoms with E-state index in [1.165, 1.54) is 6.92 Å². The standard InChI is InChI=1S/C23H34O6/c1-5-23(28)18(26)11-14-19-13(6-9-22(14,23)4)21(3)8-7-17(29-12(2)24)20(27)15(21)10-16(19)25/h1,13-20,25-28H,6-11H2,2-4H3/t13-,14-,15?,16-,17+,18+,19+,20+,21+,22-,23-/m0/s1. The van der Waals surface area contributed by atoms with E-state index >= 15 is 0 Å². The Bertz CT molecular complexity index is 731. The van der Waals surface area contributed by atoms with Crippen LogP contribution in [0.15, 0.2) is 0 Å². The Hall–Kier alpha value is -1.13. The maximum atomic E-state index is 11.4. The number of rotatable bonds is 1. The number of hydrogen-bond acceptors (Lipinski definition) is 6. The first-order valence-corrected chi connectivity index (χ1v) is 10.9. The molecule has 4 saturated carbocycles. The van der Waals surface area contributed by atoms with E-state index in [0.29, 0.717) is 25.7 Å². The number of carbonyl (C=O) groups excluding carboxylic acids is 1. The van der Waals surface area contributed by atoms with Crippen LogP contribution in [0.4, 0.5) is 0 Å². The lowest BCUT2D eigenvalue weighted by Gasteiger charge is -2.63. The molecule has 29 heavy (non-hydrogen) atoms. The van der Waals surface area contributed by atoms with Crippen LogP contribution in [0.5, 0.6) is 0 Å². The van der Waals surface area contributed by atoms with E-state index in [0.717, 1.165) is 12.8 Å². The van der Waals surface area contributed by atoms with Crippen molar-refractivity contribution >= 4 is 5.97 Å². The number of aliphatic hydroxyl groups excluding tert-OH is 3. The quantitative estimate of drug-likeness (QED) is 0.386. The van der Waals surface area contributed by atoms with Gasteiger partial charge in [0.2, 0.25) is 0 Å². The first kappa shape index (κ1) is 21.1. The third kappa shape index (κ3) is 2.67. The fourth-order valence-electron chi connectivity index (χ4n) is 7.87.